The van der Waals surface area contributed by atoms with Gasteiger partial charge in [0.25, 0.3) is 0 Å². The molecule has 5 rings (SSSR count). The van der Waals surface area contributed by atoms with Gasteiger partial charge in [-0.2, -0.15) is 0 Å². The summed E-state index contributed by atoms with van der Waals surface area (Å²) in [5, 5.41) is 23.7. The normalized spacial score (nSPS) is 15.3. The number of carboxylic acids is 2. The third kappa shape index (κ3) is 6.45. The fraction of sp³-hybridized carbons (Fsp3) is 0.346. The maximum atomic E-state index is 9.10. The number of methoxy groups -OCH3 is 2. The van der Waals surface area contributed by atoms with Crippen LogP contribution >= 0.6 is 0 Å². The molecule has 0 aliphatic carbocycles. The number of fused-ring (bicyclic) bond motifs is 2. The van der Waals surface area contributed by atoms with Crippen molar-refractivity contribution in [3.63, 3.8) is 0 Å². The van der Waals surface area contributed by atoms with Crippen LogP contribution in [-0.4, -0.2) is 73.1 Å². The molecule has 12 nitrogen and oxygen atoms in total. The largest absolute Gasteiger partial charge is 0.497 e. The first-order valence-electron chi connectivity index (χ1n) is 11.9. The average molecular weight is 528 g/mol. The molecule has 38 heavy (non-hydrogen) atoms. The van der Waals surface area contributed by atoms with E-state index in [0.717, 1.165) is 54.1 Å². The SMILES string of the molecule is COc1ccc2[nH]cc(CCNCC3=NOC(Cc4cc(OC)c5c(c4)OCO5)C3)c2c1.O=C(O)C(=O)O. The van der Waals surface area contributed by atoms with Crippen molar-refractivity contribution in [3.05, 3.63) is 47.7 Å². The van der Waals surface area contributed by atoms with Crippen molar-refractivity contribution in [3.8, 4) is 23.0 Å². The Balaban J connectivity index is 0.000000505. The first kappa shape index (κ1) is 26.6. The maximum Gasteiger partial charge on any atom is 0.414 e. The number of nitrogens with zero attached hydrogens (tertiary/aromatic N) is 1. The van der Waals surface area contributed by atoms with Crippen LogP contribution in [0.3, 0.4) is 0 Å². The van der Waals surface area contributed by atoms with Gasteiger partial charge in [0.1, 0.15) is 11.9 Å². The van der Waals surface area contributed by atoms with Crippen molar-refractivity contribution < 1.29 is 43.6 Å². The molecule has 202 valence electrons. The zero-order valence-electron chi connectivity index (χ0n) is 21.0. The topological polar surface area (TPSA) is 161 Å². The van der Waals surface area contributed by atoms with Crippen molar-refractivity contribution in [1.82, 2.24) is 10.3 Å². The van der Waals surface area contributed by atoms with E-state index in [2.05, 4.69) is 27.7 Å². The number of aromatic nitrogens is 1. The van der Waals surface area contributed by atoms with E-state index < -0.39 is 11.9 Å². The summed E-state index contributed by atoms with van der Waals surface area (Å²) >= 11 is 0. The Morgan fingerprint density at radius 2 is 1.95 bits per heavy atom. The third-order valence-corrected chi connectivity index (χ3v) is 6.03. The number of hydrogen-bond donors (Lipinski definition) is 4. The Labute approximate surface area is 218 Å². The number of benzene rings is 2. The van der Waals surface area contributed by atoms with Gasteiger partial charge in [0, 0.05) is 36.5 Å². The van der Waals surface area contributed by atoms with Crippen LogP contribution in [0.4, 0.5) is 0 Å². The molecule has 1 unspecified atom stereocenters. The molecule has 4 N–H and O–H groups in total. The molecule has 0 fully saturated rings. The molecular formula is C26H29N3O9. The average Bonchev–Trinajstić information content (AvgIpc) is 3.66. The fourth-order valence-electron chi connectivity index (χ4n) is 4.21. The molecule has 0 bridgehead atoms. The summed E-state index contributed by atoms with van der Waals surface area (Å²) in [6, 6.07) is 10.1. The Bertz CT molecular complexity index is 1320. The van der Waals surface area contributed by atoms with Crippen LogP contribution in [0.5, 0.6) is 23.0 Å². The van der Waals surface area contributed by atoms with Crippen molar-refractivity contribution in [2.75, 3.05) is 34.1 Å². The second-order valence-corrected chi connectivity index (χ2v) is 8.59. The molecule has 2 aliphatic heterocycles. The van der Waals surface area contributed by atoms with Gasteiger partial charge in [0.2, 0.25) is 12.5 Å². The zero-order valence-corrected chi connectivity index (χ0v) is 21.0. The number of hydrogen-bond acceptors (Lipinski definition) is 9. The van der Waals surface area contributed by atoms with Gasteiger partial charge in [-0.05, 0) is 54.4 Å². The second kappa shape index (κ2) is 12.2. The van der Waals surface area contributed by atoms with Crippen LogP contribution in [0.2, 0.25) is 0 Å². The van der Waals surface area contributed by atoms with Gasteiger partial charge in [0.15, 0.2) is 11.5 Å². The molecule has 12 heteroatoms. The predicted molar refractivity (Wildman–Crippen MR) is 136 cm³/mol. The van der Waals surface area contributed by atoms with E-state index in [0.29, 0.717) is 18.0 Å². The molecule has 2 aromatic carbocycles. The summed E-state index contributed by atoms with van der Waals surface area (Å²) in [5.74, 6) is -0.709. The first-order valence-corrected chi connectivity index (χ1v) is 11.9. The van der Waals surface area contributed by atoms with Gasteiger partial charge < -0.3 is 44.3 Å². The number of nitrogens with one attached hydrogen (secondary N) is 2. The van der Waals surface area contributed by atoms with Crippen molar-refractivity contribution in [2.24, 2.45) is 5.16 Å². The monoisotopic (exact) mass is 527 g/mol. The predicted octanol–water partition coefficient (Wildman–Crippen LogP) is 2.59. The molecule has 2 aliphatic rings. The fourth-order valence-corrected chi connectivity index (χ4v) is 4.21. The van der Waals surface area contributed by atoms with Crippen LogP contribution in [-0.2, 0) is 27.3 Å². The van der Waals surface area contributed by atoms with Gasteiger partial charge >= 0.3 is 11.9 Å². The standard InChI is InChI=1S/C24H27N3O5.C2H2O4/c1-28-18-3-4-21-20(11-18)16(12-26-21)5-6-25-13-17-10-19(32-27-17)7-15-8-22(29-2)24-23(9-15)30-14-31-24;3-1(4)2(5)6/h3-4,8-9,11-12,19,25-26H,5-7,10,13-14H2,1-2H3;(H,3,4)(H,5,6). The molecule has 0 saturated carbocycles. The van der Waals surface area contributed by atoms with Gasteiger partial charge in [-0.1, -0.05) is 5.16 Å². The van der Waals surface area contributed by atoms with Crippen LogP contribution in [0.15, 0.2) is 41.7 Å². The Morgan fingerprint density at radius 3 is 2.68 bits per heavy atom. The van der Waals surface area contributed by atoms with Crippen molar-refractivity contribution in [2.45, 2.75) is 25.4 Å². The van der Waals surface area contributed by atoms with E-state index in [1.165, 1.54) is 10.9 Å². The summed E-state index contributed by atoms with van der Waals surface area (Å²) in [7, 11) is 3.32. The van der Waals surface area contributed by atoms with E-state index in [-0.39, 0.29) is 12.9 Å². The maximum absolute atomic E-state index is 9.10. The van der Waals surface area contributed by atoms with E-state index in [1.807, 2.05) is 24.3 Å². The van der Waals surface area contributed by atoms with Gasteiger partial charge in [-0.3, -0.25) is 0 Å². The molecule has 0 spiro atoms. The first-order chi connectivity index (χ1) is 18.4. The van der Waals surface area contributed by atoms with Crippen LogP contribution < -0.4 is 24.3 Å². The molecule has 1 atom stereocenters. The minimum atomic E-state index is -1.82. The third-order valence-electron chi connectivity index (χ3n) is 6.03. The lowest BCUT2D eigenvalue weighted by Crippen LogP contribution is -2.25. The smallest absolute Gasteiger partial charge is 0.414 e. The Morgan fingerprint density at radius 1 is 1.13 bits per heavy atom. The Kier molecular flexibility index (Phi) is 8.54. The molecule has 0 amide bonds. The number of carbonyl (C=O) groups is 2. The molecule has 3 aromatic rings. The molecule has 0 radical (unpaired) electrons. The van der Waals surface area contributed by atoms with E-state index >= 15 is 0 Å². The summed E-state index contributed by atoms with van der Waals surface area (Å²) in [4.78, 5) is 27.2. The van der Waals surface area contributed by atoms with Crippen LogP contribution in [0, 0.1) is 0 Å². The molecule has 1 aromatic heterocycles. The minimum Gasteiger partial charge on any atom is -0.497 e. The highest BCUT2D eigenvalue weighted by atomic mass is 16.7. The van der Waals surface area contributed by atoms with E-state index in [9.17, 15) is 0 Å². The number of oxime groups is 1. The van der Waals surface area contributed by atoms with Gasteiger partial charge in [0.05, 0.1) is 19.9 Å². The lowest BCUT2D eigenvalue weighted by atomic mass is 10.0. The van der Waals surface area contributed by atoms with Crippen molar-refractivity contribution >= 4 is 28.6 Å². The lowest BCUT2D eigenvalue weighted by Gasteiger charge is -2.11. The zero-order chi connectivity index (χ0) is 27.1. The molecular weight excluding hydrogens is 498 g/mol. The number of rotatable bonds is 9. The summed E-state index contributed by atoms with van der Waals surface area (Å²) in [6.45, 7) is 1.79. The lowest BCUT2D eigenvalue weighted by molar-refractivity contribution is -0.159. The Hall–Kier alpha value is -4.45. The number of aromatic amines is 1. The summed E-state index contributed by atoms with van der Waals surface area (Å²) in [5.41, 5.74) is 4.50. The summed E-state index contributed by atoms with van der Waals surface area (Å²) in [6.07, 6.45) is 4.53. The highest BCUT2D eigenvalue weighted by Gasteiger charge is 2.25. The second-order valence-electron chi connectivity index (χ2n) is 8.59. The van der Waals surface area contributed by atoms with Gasteiger partial charge in [-0.15, -0.1) is 0 Å². The molecule has 3 heterocycles. The van der Waals surface area contributed by atoms with E-state index in [1.54, 1.807) is 14.2 Å². The quantitative estimate of drug-likeness (QED) is 0.240. The van der Waals surface area contributed by atoms with Gasteiger partial charge in [-0.25, -0.2) is 9.59 Å². The van der Waals surface area contributed by atoms with Crippen LogP contribution in [0.25, 0.3) is 10.9 Å². The summed E-state index contributed by atoms with van der Waals surface area (Å²) < 4.78 is 21.7. The molecule has 0 saturated heterocycles. The van der Waals surface area contributed by atoms with Crippen LogP contribution in [0.1, 0.15) is 17.5 Å². The van der Waals surface area contributed by atoms with E-state index in [4.69, 9.17) is 43.6 Å². The number of aliphatic carboxylic acids is 2. The number of carboxylic acid groups (broad SMARTS) is 2. The highest BCUT2D eigenvalue weighted by molar-refractivity contribution is 6.27. The number of ether oxygens (including phenoxy) is 4. The minimum absolute atomic E-state index is 0.0120. The number of H-pyrrole nitrogens is 1. The van der Waals surface area contributed by atoms with Crippen molar-refractivity contribution in [1.29, 1.82) is 0 Å². The highest BCUT2D eigenvalue weighted by Crippen LogP contribution is 2.42.